The van der Waals surface area contributed by atoms with Gasteiger partial charge in [-0.25, -0.2) is 14.4 Å². The van der Waals surface area contributed by atoms with Gasteiger partial charge in [0.2, 0.25) is 5.95 Å². The fraction of sp³-hybridized carbons (Fsp3) is 0.417. The predicted octanol–water partition coefficient (Wildman–Crippen LogP) is 3.38. The maximum absolute atomic E-state index is 14.7. The van der Waals surface area contributed by atoms with Crippen LogP contribution in [0.5, 0.6) is 0 Å². The van der Waals surface area contributed by atoms with Crippen LogP contribution in [0.3, 0.4) is 0 Å². The zero-order valence-electron chi connectivity index (χ0n) is 20.1. The Morgan fingerprint density at radius 3 is 2.71 bits per heavy atom. The van der Waals surface area contributed by atoms with Crippen LogP contribution in [0, 0.1) is 0 Å². The summed E-state index contributed by atoms with van der Waals surface area (Å²) in [5, 5.41) is 23.3. The topological polar surface area (TPSA) is 118 Å². The minimum absolute atomic E-state index is 0.0295. The molecule has 0 amide bonds. The molecule has 4 aromatic heterocycles. The number of rotatable bonds is 5. The second-order valence-corrected chi connectivity index (χ2v) is 9.48. The van der Waals surface area contributed by atoms with Gasteiger partial charge in [-0.2, -0.15) is 4.98 Å². The quantitative estimate of drug-likeness (QED) is 0.446. The number of aryl methyl sites for hydroxylation is 1. The van der Waals surface area contributed by atoms with E-state index in [1.807, 2.05) is 25.5 Å². The van der Waals surface area contributed by atoms with E-state index in [-0.39, 0.29) is 12.5 Å². The Morgan fingerprint density at radius 1 is 1.17 bits per heavy atom. The van der Waals surface area contributed by atoms with Gasteiger partial charge in [0, 0.05) is 37.6 Å². The molecule has 11 heteroatoms. The van der Waals surface area contributed by atoms with E-state index in [1.165, 1.54) is 6.92 Å². The van der Waals surface area contributed by atoms with Crippen molar-refractivity contribution in [2.75, 3.05) is 23.3 Å². The molecule has 2 N–H and O–H groups in total. The molecule has 1 aliphatic heterocycles. The Labute approximate surface area is 202 Å². The van der Waals surface area contributed by atoms with Crippen LogP contribution in [-0.2, 0) is 7.05 Å². The predicted molar refractivity (Wildman–Crippen MR) is 131 cm³/mol. The Kier molecular flexibility index (Phi) is 5.79. The molecule has 4 aromatic rings. The highest BCUT2D eigenvalue weighted by molar-refractivity contribution is 5.96. The summed E-state index contributed by atoms with van der Waals surface area (Å²) in [4.78, 5) is 19.9. The summed E-state index contributed by atoms with van der Waals surface area (Å²) in [6.07, 6.45) is 6.44. The standard InChI is InChI=1S/C24H28FN9O/c1-14(2)16-10-28-22(18-12-33(4)32-31-18)17-11-27-21(9-15(16)17)29-20-5-7-26-23(30-20)34-8-6-19(35)24(3,25)13-34/h5,7,9-12,14,19,35H,6,8,13H2,1-4H3,(H,26,27,29,30)/t19-,24+/m1/s1. The van der Waals surface area contributed by atoms with Gasteiger partial charge in [-0.15, -0.1) is 5.10 Å². The first kappa shape index (κ1) is 23.0. The van der Waals surface area contributed by atoms with Crippen LogP contribution in [0.4, 0.5) is 22.0 Å². The van der Waals surface area contributed by atoms with Gasteiger partial charge >= 0.3 is 0 Å². The molecule has 0 bridgehead atoms. The van der Waals surface area contributed by atoms with Gasteiger partial charge in [0.1, 0.15) is 23.0 Å². The van der Waals surface area contributed by atoms with E-state index in [0.717, 1.165) is 22.0 Å². The van der Waals surface area contributed by atoms with Crippen molar-refractivity contribution in [3.05, 3.63) is 42.5 Å². The first-order valence-corrected chi connectivity index (χ1v) is 11.6. The van der Waals surface area contributed by atoms with Crippen molar-refractivity contribution in [2.45, 2.75) is 44.9 Å². The highest BCUT2D eigenvalue weighted by Gasteiger charge is 2.39. The van der Waals surface area contributed by atoms with Gasteiger partial charge in [0.25, 0.3) is 0 Å². The fourth-order valence-electron chi connectivity index (χ4n) is 4.35. The average molecular weight is 478 g/mol. The molecule has 0 spiro atoms. The molecule has 10 nitrogen and oxygen atoms in total. The Hall–Kier alpha value is -3.73. The number of anilines is 3. The lowest BCUT2D eigenvalue weighted by Gasteiger charge is -2.38. The molecule has 1 fully saturated rings. The van der Waals surface area contributed by atoms with Gasteiger partial charge in [-0.3, -0.25) is 9.67 Å². The molecule has 0 aromatic carbocycles. The van der Waals surface area contributed by atoms with Crippen LogP contribution in [0.1, 0.15) is 38.7 Å². The van der Waals surface area contributed by atoms with Gasteiger partial charge in [0.05, 0.1) is 18.8 Å². The number of hydrogen-bond acceptors (Lipinski definition) is 9. The molecule has 5 rings (SSSR count). The Morgan fingerprint density at radius 2 is 2.00 bits per heavy atom. The summed E-state index contributed by atoms with van der Waals surface area (Å²) in [5.74, 6) is 1.82. The van der Waals surface area contributed by atoms with Crippen molar-refractivity contribution in [1.82, 2.24) is 34.9 Å². The molecule has 1 aliphatic rings. The fourth-order valence-corrected chi connectivity index (χ4v) is 4.35. The summed E-state index contributed by atoms with van der Waals surface area (Å²) in [7, 11) is 1.82. The van der Waals surface area contributed by atoms with Crippen LogP contribution < -0.4 is 10.2 Å². The minimum atomic E-state index is -1.72. The third-order valence-electron chi connectivity index (χ3n) is 6.32. The number of pyridine rings is 2. The Balaban J connectivity index is 1.47. The summed E-state index contributed by atoms with van der Waals surface area (Å²) in [6, 6.07) is 3.72. The van der Waals surface area contributed by atoms with Crippen molar-refractivity contribution >= 4 is 28.4 Å². The number of fused-ring (bicyclic) bond motifs is 1. The average Bonchev–Trinajstić information content (AvgIpc) is 3.26. The maximum atomic E-state index is 14.7. The van der Waals surface area contributed by atoms with Crippen molar-refractivity contribution in [1.29, 1.82) is 0 Å². The number of halogens is 1. The van der Waals surface area contributed by atoms with Crippen LogP contribution in [0.2, 0.25) is 0 Å². The van der Waals surface area contributed by atoms with Crippen molar-refractivity contribution in [2.24, 2.45) is 7.05 Å². The lowest BCUT2D eigenvalue weighted by Crippen LogP contribution is -2.52. The van der Waals surface area contributed by atoms with E-state index in [4.69, 9.17) is 0 Å². The number of aromatic nitrogens is 7. The smallest absolute Gasteiger partial charge is 0.227 e. The van der Waals surface area contributed by atoms with E-state index < -0.39 is 11.8 Å². The molecule has 0 aliphatic carbocycles. The molecule has 5 heterocycles. The zero-order valence-corrected chi connectivity index (χ0v) is 20.1. The largest absolute Gasteiger partial charge is 0.390 e. The van der Waals surface area contributed by atoms with E-state index in [0.29, 0.717) is 36.2 Å². The van der Waals surface area contributed by atoms with E-state index in [1.54, 1.807) is 28.0 Å². The van der Waals surface area contributed by atoms with E-state index in [2.05, 4.69) is 49.4 Å². The van der Waals surface area contributed by atoms with Crippen molar-refractivity contribution in [3.8, 4) is 11.4 Å². The number of aliphatic hydroxyl groups is 1. The van der Waals surface area contributed by atoms with E-state index in [9.17, 15) is 9.50 Å². The lowest BCUT2D eigenvalue weighted by atomic mass is 9.94. The molecule has 2 atom stereocenters. The molecule has 0 saturated carbocycles. The number of nitrogens with one attached hydrogen (secondary N) is 1. The number of alkyl halides is 1. The third-order valence-corrected chi connectivity index (χ3v) is 6.32. The van der Waals surface area contributed by atoms with Crippen molar-refractivity contribution < 1.29 is 9.50 Å². The molecule has 182 valence electrons. The molecule has 0 radical (unpaired) electrons. The van der Waals surface area contributed by atoms with Crippen LogP contribution in [-0.4, -0.2) is 64.9 Å². The first-order chi connectivity index (χ1) is 16.7. The van der Waals surface area contributed by atoms with Crippen LogP contribution in [0.15, 0.2) is 36.9 Å². The van der Waals surface area contributed by atoms with Crippen molar-refractivity contribution in [3.63, 3.8) is 0 Å². The monoisotopic (exact) mass is 477 g/mol. The molecule has 0 unspecified atom stereocenters. The molecule has 1 saturated heterocycles. The normalized spacial score (nSPS) is 20.5. The minimum Gasteiger partial charge on any atom is -0.390 e. The second kappa shape index (κ2) is 8.81. The highest BCUT2D eigenvalue weighted by atomic mass is 19.1. The van der Waals surface area contributed by atoms with Crippen LogP contribution >= 0.6 is 0 Å². The molecule has 35 heavy (non-hydrogen) atoms. The summed E-state index contributed by atoms with van der Waals surface area (Å²) in [5.41, 5.74) is 0.785. The third kappa shape index (κ3) is 4.51. The number of hydrogen-bond donors (Lipinski definition) is 2. The number of aliphatic hydroxyl groups excluding tert-OH is 1. The lowest BCUT2D eigenvalue weighted by molar-refractivity contribution is -0.00860. The summed E-state index contributed by atoms with van der Waals surface area (Å²) >= 11 is 0. The van der Waals surface area contributed by atoms with Gasteiger partial charge in [0.15, 0.2) is 5.67 Å². The second-order valence-electron chi connectivity index (χ2n) is 9.48. The molecular weight excluding hydrogens is 449 g/mol. The van der Waals surface area contributed by atoms with Crippen LogP contribution in [0.25, 0.3) is 22.2 Å². The highest BCUT2D eigenvalue weighted by Crippen LogP contribution is 2.33. The number of piperidine rings is 1. The summed E-state index contributed by atoms with van der Waals surface area (Å²) in [6.45, 7) is 6.16. The Bertz CT molecular complexity index is 1370. The maximum Gasteiger partial charge on any atom is 0.227 e. The summed E-state index contributed by atoms with van der Waals surface area (Å²) < 4.78 is 16.3. The van der Waals surface area contributed by atoms with Gasteiger partial charge in [-0.05, 0) is 42.3 Å². The van der Waals surface area contributed by atoms with Gasteiger partial charge in [-0.1, -0.05) is 19.1 Å². The SMILES string of the molecule is CC(C)c1cnc(-c2cn(C)nn2)c2cnc(Nc3ccnc(N4CC[C@@H](O)[C@@](C)(F)C4)n3)cc12. The van der Waals surface area contributed by atoms with Gasteiger partial charge < -0.3 is 15.3 Å². The first-order valence-electron chi connectivity index (χ1n) is 11.6. The number of nitrogens with zero attached hydrogens (tertiary/aromatic N) is 8. The van der Waals surface area contributed by atoms with E-state index >= 15 is 0 Å². The zero-order chi connectivity index (χ0) is 24.7. The molecular formula is C24H28FN9O.